The summed E-state index contributed by atoms with van der Waals surface area (Å²) in [5, 5.41) is 0. The highest BCUT2D eigenvalue weighted by atomic mass is 16.5. The molecule has 1 atom stereocenters. The van der Waals surface area contributed by atoms with E-state index in [4.69, 9.17) is 4.74 Å². The molecule has 0 bridgehead atoms. The van der Waals surface area contributed by atoms with Gasteiger partial charge in [-0.25, -0.2) is 0 Å². The molecule has 0 amide bonds. The van der Waals surface area contributed by atoms with Gasteiger partial charge in [-0.15, -0.1) is 0 Å². The van der Waals surface area contributed by atoms with E-state index < -0.39 is 0 Å². The van der Waals surface area contributed by atoms with Gasteiger partial charge < -0.3 is 4.74 Å². The van der Waals surface area contributed by atoms with Crippen LogP contribution < -0.4 is 0 Å². The summed E-state index contributed by atoms with van der Waals surface area (Å²) in [6, 6.07) is 7.46. The molecule has 1 saturated carbocycles. The van der Waals surface area contributed by atoms with Crippen molar-refractivity contribution in [3.63, 3.8) is 0 Å². The van der Waals surface area contributed by atoms with Crippen LogP contribution in [0.15, 0.2) is 24.3 Å². The zero-order valence-corrected chi connectivity index (χ0v) is 9.94. The summed E-state index contributed by atoms with van der Waals surface area (Å²) in [5.74, 6) is 0.163. The van der Waals surface area contributed by atoms with Gasteiger partial charge in [0.2, 0.25) is 0 Å². The minimum Gasteiger partial charge on any atom is -0.380 e. The first-order chi connectivity index (χ1) is 8.22. The van der Waals surface area contributed by atoms with Gasteiger partial charge in [-0.1, -0.05) is 24.3 Å². The molecule has 17 heavy (non-hydrogen) atoms. The lowest BCUT2D eigenvalue weighted by molar-refractivity contribution is -0.117. The third kappa shape index (κ3) is 2.61. The fraction of sp³-hybridized carbons (Fsp3) is 0.429. The van der Waals surface area contributed by atoms with Gasteiger partial charge in [0.05, 0.1) is 6.61 Å². The Bertz CT molecular complexity index is 437. The van der Waals surface area contributed by atoms with Crippen molar-refractivity contribution in [3.8, 4) is 0 Å². The van der Waals surface area contributed by atoms with Crippen LogP contribution in [-0.4, -0.2) is 18.7 Å². The molecule has 1 aromatic carbocycles. The zero-order valence-electron chi connectivity index (χ0n) is 9.94. The standard InChI is InChI=1S/C14H16O3/c1-17-9-11-4-2-3-5-13(11)14(16)10-6-7-12(15)8-10/h2-5,10H,6-9H2,1H3. The summed E-state index contributed by atoms with van der Waals surface area (Å²) in [6.45, 7) is 0.433. The molecule has 0 saturated heterocycles. The van der Waals surface area contributed by atoms with Crippen LogP contribution in [0.25, 0.3) is 0 Å². The van der Waals surface area contributed by atoms with Crippen LogP contribution in [0.1, 0.15) is 35.2 Å². The number of hydrogen-bond donors (Lipinski definition) is 0. The Morgan fingerprint density at radius 1 is 1.41 bits per heavy atom. The second-order valence-corrected chi connectivity index (χ2v) is 4.43. The first kappa shape index (κ1) is 12.0. The number of Topliss-reactive ketones (excluding diaryl/α,β-unsaturated/α-hetero) is 2. The number of hydrogen-bond acceptors (Lipinski definition) is 3. The Hall–Kier alpha value is -1.48. The van der Waals surface area contributed by atoms with Crippen molar-refractivity contribution in [3.05, 3.63) is 35.4 Å². The summed E-state index contributed by atoms with van der Waals surface area (Å²) in [6.07, 6.45) is 1.64. The molecule has 1 aromatic rings. The molecule has 2 rings (SSSR count). The summed E-state index contributed by atoms with van der Waals surface area (Å²) in [5.41, 5.74) is 1.60. The van der Waals surface area contributed by atoms with Gasteiger partial charge in [-0.3, -0.25) is 9.59 Å². The SMILES string of the molecule is COCc1ccccc1C(=O)C1CCC(=O)C1. The first-order valence-electron chi connectivity index (χ1n) is 5.85. The predicted octanol–water partition coefficient (Wildman–Crippen LogP) is 2.38. The lowest BCUT2D eigenvalue weighted by atomic mass is 9.93. The second kappa shape index (κ2) is 5.23. The maximum atomic E-state index is 12.3. The van der Waals surface area contributed by atoms with Crippen LogP contribution in [0.4, 0.5) is 0 Å². The maximum Gasteiger partial charge on any atom is 0.166 e. The average molecular weight is 232 g/mol. The molecule has 0 spiro atoms. The largest absolute Gasteiger partial charge is 0.380 e. The topological polar surface area (TPSA) is 43.4 Å². The number of carbonyl (C=O) groups is 2. The molecule has 0 aliphatic heterocycles. The number of rotatable bonds is 4. The van der Waals surface area contributed by atoms with Crippen LogP contribution >= 0.6 is 0 Å². The van der Waals surface area contributed by atoms with Crippen LogP contribution in [0, 0.1) is 5.92 Å². The predicted molar refractivity (Wildman–Crippen MR) is 63.8 cm³/mol. The van der Waals surface area contributed by atoms with E-state index in [1.807, 2.05) is 24.3 Å². The summed E-state index contributed by atoms with van der Waals surface area (Å²) < 4.78 is 5.08. The van der Waals surface area contributed by atoms with Gasteiger partial charge in [0.1, 0.15) is 5.78 Å². The van der Waals surface area contributed by atoms with Crippen LogP contribution in [0.2, 0.25) is 0 Å². The van der Waals surface area contributed by atoms with E-state index in [2.05, 4.69) is 0 Å². The van der Waals surface area contributed by atoms with Crippen LogP contribution in [0.3, 0.4) is 0 Å². The number of ketones is 2. The van der Waals surface area contributed by atoms with Crippen molar-refractivity contribution >= 4 is 11.6 Å². The normalized spacial score (nSPS) is 19.6. The Balaban J connectivity index is 2.21. The van der Waals surface area contributed by atoms with Crippen molar-refractivity contribution in [2.45, 2.75) is 25.9 Å². The third-order valence-electron chi connectivity index (χ3n) is 3.20. The smallest absolute Gasteiger partial charge is 0.166 e. The van der Waals surface area contributed by atoms with Gasteiger partial charge in [0.15, 0.2) is 5.78 Å². The molecular weight excluding hydrogens is 216 g/mol. The molecule has 3 nitrogen and oxygen atoms in total. The molecule has 0 radical (unpaired) electrons. The Morgan fingerprint density at radius 3 is 2.82 bits per heavy atom. The molecule has 1 aliphatic rings. The Morgan fingerprint density at radius 2 is 2.18 bits per heavy atom. The third-order valence-corrected chi connectivity index (χ3v) is 3.20. The molecule has 1 aliphatic carbocycles. The number of benzene rings is 1. The highest BCUT2D eigenvalue weighted by Gasteiger charge is 2.29. The quantitative estimate of drug-likeness (QED) is 0.748. The van der Waals surface area contributed by atoms with Crippen LogP contribution in [-0.2, 0) is 16.1 Å². The minimum absolute atomic E-state index is 0.0866. The monoisotopic (exact) mass is 232 g/mol. The average Bonchev–Trinajstić information content (AvgIpc) is 2.76. The minimum atomic E-state index is -0.125. The van der Waals surface area contributed by atoms with Gasteiger partial charge in [0.25, 0.3) is 0 Å². The number of methoxy groups -OCH3 is 1. The fourth-order valence-electron chi connectivity index (χ4n) is 2.30. The van der Waals surface area contributed by atoms with Crippen LogP contribution in [0.5, 0.6) is 0 Å². The molecular formula is C14H16O3. The van der Waals surface area contributed by atoms with Crippen molar-refractivity contribution in [2.75, 3.05) is 7.11 Å². The summed E-state index contributed by atoms with van der Waals surface area (Å²) >= 11 is 0. The number of carbonyl (C=O) groups excluding carboxylic acids is 2. The zero-order chi connectivity index (χ0) is 12.3. The van der Waals surface area contributed by atoms with Gasteiger partial charge in [-0.2, -0.15) is 0 Å². The molecule has 0 aromatic heterocycles. The molecule has 1 fully saturated rings. The first-order valence-corrected chi connectivity index (χ1v) is 5.85. The molecule has 0 heterocycles. The molecule has 1 unspecified atom stereocenters. The summed E-state index contributed by atoms with van der Waals surface area (Å²) in [7, 11) is 1.61. The van der Waals surface area contributed by atoms with Gasteiger partial charge >= 0.3 is 0 Å². The van der Waals surface area contributed by atoms with Gasteiger partial charge in [0, 0.05) is 31.4 Å². The van der Waals surface area contributed by atoms with E-state index in [1.165, 1.54) is 0 Å². The van der Waals surface area contributed by atoms with Crippen molar-refractivity contribution in [1.82, 2.24) is 0 Å². The van der Waals surface area contributed by atoms with Crippen molar-refractivity contribution in [2.24, 2.45) is 5.92 Å². The highest BCUT2D eigenvalue weighted by Crippen LogP contribution is 2.27. The van der Waals surface area contributed by atoms with E-state index in [0.717, 1.165) is 5.56 Å². The fourth-order valence-corrected chi connectivity index (χ4v) is 2.30. The molecule has 3 heteroatoms. The van der Waals surface area contributed by atoms with Crippen molar-refractivity contribution < 1.29 is 14.3 Å². The van der Waals surface area contributed by atoms with Gasteiger partial charge in [-0.05, 0) is 12.0 Å². The van der Waals surface area contributed by atoms with E-state index in [9.17, 15) is 9.59 Å². The highest BCUT2D eigenvalue weighted by molar-refractivity contribution is 6.02. The lowest BCUT2D eigenvalue weighted by Crippen LogP contribution is -2.14. The molecule has 90 valence electrons. The summed E-state index contributed by atoms with van der Waals surface area (Å²) in [4.78, 5) is 23.5. The Labute approximate surface area is 101 Å². The van der Waals surface area contributed by atoms with E-state index >= 15 is 0 Å². The van der Waals surface area contributed by atoms with E-state index in [0.29, 0.717) is 31.4 Å². The van der Waals surface area contributed by atoms with Crippen molar-refractivity contribution in [1.29, 1.82) is 0 Å². The maximum absolute atomic E-state index is 12.3. The van der Waals surface area contributed by atoms with E-state index in [-0.39, 0.29) is 17.5 Å². The second-order valence-electron chi connectivity index (χ2n) is 4.43. The van der Waals surface area contributed by atoms with E-state index in [1.54, 1.807) is 7.11 Å². The molecule has 0 N–H and O–H groups in total. The Kier molecular flexibility index (Phi) is 3.69. The lowest BCUT2D eigenvalue weighted by Gasteiger charge is -2.11. The number of ether oxygens (including phenoxy) is 1.